The Balaban J connectivity index is 1.95. The second kappa shape index (κ2) is 9.84. The first-order valence-electron chi connectivity index (χ1n) is 8.35. The van der Waals surface area contributed by atoms with Gasteiger partial charge in [0.05, 0.1) is 12.8 Å². The molecule has 7 heteroatoms. The van der Waals surface area contributed by atoms with Crippen LogP contribution in [0.5, 0.6) is 0 Å². The maximum Gasteiger partial charge on any atom is 0.191 e. The fourth-order valence-corrected chi connectivity index (χ4v) is 2.62. The van der Waals surface area contributed by atoms with Crippen molar-refractivity contribution in [1.29, 1.82) is 0 Å². The van der Waals surface area contributed by atoms with Gasteiger partial charge in [-0.1, -0.05) is 6.07 Å². The number of thiocarbonyl (C=S) groups is 1. The summed E-state index contributed by atoms with van der Waals surface area (Å²) in [5.74, 6) is -0.299. The van der Waals surface area contributed by atoms with Gasteiger partial charge in [-0.05, 0) is 73.6 Å². The van der Waals surface area contributed by atoms with Crippen molar-refractivity contribution < 1.29 is 9.50 Å². The summed E-state index contributed by atoms with van der Waals surface area (Å²) < 4.78 is 12.9. The van der Waals surface area contributed by atoms with Gasteiger partial charge in [0.1, 0.15) is 5.82 Å². The van der Waals surface area contributed by atoms with E-state index in [2.05, 4.69) is 33.7 Å². The lowest BCUT2D eigenvalue weighted by Gasteiger charge is -2.22. The number of hydrogen-bond acceptors (Lipinski definition) is 4. The molecule has 2 aromatic rings. The van der Waals surface area contributed by atoms with Crippen LogP contribution < -0.4 is 15.6 Å². The van der Waals surface area contributed by atoms with Crippen LogP contribution in [0.3, 0.4) is 0 Å². The Morgan fingerprint density at radius 3 is 2.62 bits per heavy atom. The zero-order chi connectivity index (χ0) is 18.9. The van der Waals surface area contributed by atoms with Crippen LogP contribution in [0.2, 0.25) is 0 Å². The van der Waals surface area contributed by atoms with Gasteiger partial charge in [-0.25, -0.2) is 4.39 Å². The van der Waals surface area contributed by atoms with E-state index in [4.69, 9.17) is 17.3 Å². The lowest BCUT2D eigenvalue weighted by Crippen LogP contribution is -2.26. The summed E-state index contributed by atoms with van der Waals surface area (Å²) in [4.78, 5) is 2.11. The van der Waals surface area contributed by atoms with Crippen LogP contribution in [0.4, 0.5) is 15.8 Å². The monoisotopic (exact) mass is 374 g/mol. The number of hydrazone groups is 1. The van der Waals surface area contributed by atoms with Crippen LogP contribution in [0, 0.1) is 12.7 Å². The highest BCUT2D eigenvalue weighted by molar-refractivity contribution is 7.80. The quantitative estimate of drug-likeness (QED) is 0.394. The van der Waals surface area contributed by atoms with Crippen molar-refractivity contribution >= 4 is 34.9 Å². The molecule has 3 N–H and O–H groups in total. The molecule has 0 aliphatic heterocycles. The molecule has 0 fully saturated rings. The Hall–Kier alpha value is -2.51. The number of anilines is 2. The maximum atomic E-state index is 12.9. The molecule has 0 saturated heterocycles. The largest absolute Gasteiger partial charge is 0.395 e. The number of nitrogens with one attached hydrogen (secondary N) is 2. The molecule has 0 aliphatic rings. The third-order valence-corrected chi connectivity index (χ3v) is 4.04. The average molecular weight is 374 g/mol. The van der Waals surface area contributed by atoms with Crippen molar-refractivity contribution in [3.63, 3.8) is 0 Å². The van der Waals surface area contributed by atoms with Crippen molar-refractivity contribution in [3.8, 4) is 0 Å². The molecule has 0 aromatic heterocycles. The molecule has 138 valence electrons. The summed E-state index contributed by atoms with van der Waals surface area (Å²) >= 11 is 5.16. The van der Waals surface area contributed by atoms with E-state index in [1.165, 1.54) is 12.1 Å². The summed E-state index contributed by atoms with van der Waals surface area (Å²) in [6.07, 6.45) is 1.69. The predicted molar refractivity (Wildman–Crippen MR) is 110 cm³/mol. The molecular formula is C19H23FN4OS. The van der Waals surface area contributed by atoms with Gasteiger partial charge >= 0.3 is 0 Å². The van der Waals surface area contributed by atoms with E-state index < -0.39 is 0 Å². The SMILES string of the molecule is CCN(CCO)c1ccc(/C=N\NC(=S)Nc2ccc(F)cc2)c(C)c1. The average Bonchev–Trinajstić information content (AvgIpc) is 2.63. The highest BCUT2D eigenvalue weighted by atomic mass is 32.1. The molecule has 0 saturated carbocycles. The molecule has 26 heavy (non-hydrogen) atoms. The second-order valence-corrected chi connectivity index (χ2v) is 6.08. The first-order valence-corrected chi connectivity index (χ1v) is 8.76. The van der Waals surface area contributed by atoms with Gasteiger partial charge in [0, 0.05) is 24.5 Å². The molecule has 0 unspecified atom stereocenters. The fraction of sp³-hybridized carbons (Fsp3) is 0.263. The fourth-order valence-electron chi connectivity index (χ4n) is 2.44. The van der Waals surface area contributed by atoms with Crippen LogP contribution in [0.15, 0.2) is 47.6 Å². The number of hydrogen-bond donors (Lipinski definition) is 3. The lowest BCUT2D eigenvalue weighted by molar-refractivity contribution is 0.302. The van der Waals surface area contributed by atoms with E-state index in [0.29, 0.717) is 17.3 Å². The minimum atomic E-state index is -0.299. The number of likely N-dealkylation sites (N-methyl/N-ethyl adjacent to an activating group) is 1. The van der Waals surface area contributed by atoms with Crippen LogP contribution in [0.1, 0.15) is 18.1 Å². The highest BCUT2D eigenvalue weighted by Gasteiger charge is 2.05. The van der Waals surface area contributed by atoms with Gasteiger partial charge < -0.3 is 15.3 Å². The molecule has 0 amide bonds. The van der Waals surface area contributed by atoms with Gasteiger partial charge in [0.25, 0.3) is 0 Å². The number of aryl methyl sites for hydroxylation is 1. The smallest absolute Gasteiger partial charge is 0.191 e. The molecule has 2 rings (SSSR count). The van der Waals surface area contributed by atoms with E-state index in [0.717, 1.165) is 23.4 Å². The Kier molecular flexibility index (Phi) is 7.50. The summed E-state index contributed by atoms with van der Waals surface area (Å²) in [7, 11) is 0. The number of nitrogens with zero attached hydrogens (tertiary/aromatic N) is 2. The Morgan fingerprint density at radius 2 is 2.00 bits per heavy atom. The molecule has 0 aliphatic carbocycles. The zero-order valence-electron chi connectivity index (χ0n) is 14.9. The van der Waals surface area contributed by atoms with E-state index in [1.807, 2.05) is 19.1 Å². The third kappa shape index (κ3) is 5.79. The maximum absolute atomic E-state index is 12.9. The predicted octanol–water partition coefficient (Wildman–Crippen LogP) is 3.27. The van der Waals surface area contributed by atoms with Crippen LogP contribution in [0.25, 0.3) is 0 Å². The molecule has 0 bridgehead atoms. The van der Waals surface area contributed by atoms with E-state index in [-0.39, 0.29) is 12.4 Å². The Morgan fingerprint density at radius 1 is 1.27 bits per heavy atom. The first-order chi connectivity index (χ1) is 12.5. The van der Waals surface area contributed by atoms with Gasteiger partial charge in [0.2, 0.25) is 0 Å². The number of halogens is 1. The minimum absolute atomic E-state index is 0.124. The van der Waals surface area contributed by atoms with Gasteiger partial charge in [-0.2, -0.15) is 5.10 Å². The van der Waals surface area contributed by atoms with Crippen molar-refractivity contribution in [2.75, 3.05) is 29.9 Å². The third-order valence-electron chi connectivity index (χ3n) is 3.84. The normalized spacial score (nSPS) is 10.8. The van der Waals surface area contributed by atoms with Crippen molar-refractivity contribution in [1.82, 2.24) is 5.43 Å². The van der Waals surface area contributed by atoms with Crippen molar-refractivity contribution in [3.05, 3.63) is 59.4 Å². The summed E-state index contributed by atoms with van der Waals surface area (Å²) in [6, 6.07) is 12.0. The van der Waals surface area contributed by atoms with E-state index >= 15 is 0 Å². The van der Waals surface area contributed by atoms with Gasteiger partial charge in [-0.3, -0.25) is 5.43 Å². The van der Waals surface area contributed by atoms with Gasteiger partial charge in [0.15, 0.2) is 5.11 Å². The standard InChI is InChI=1S/C19H23FN4OS/c1-3-24(10-11-25)18-9-4-15(14(2)12-18)13-21-23-19(26)22-17-7-5-16(20)6-8-17/h4-9,12-13,25H,3,10-11H2,1-2H3,(H2,22,23,26)/b21-13-. The summed E-state index contributed by atoms with van der Waals surface area (Å²) in [5, 5.41) is 16.5. The molecule has 0 radical (unpaired) electrons. The highest BCUT2D eigenvalue weighted by Crippen LogP contribution is 2.18. The second-order valence-electron chi connectivity index (χ2n) is 5.68. The van der Waals surface area contributed by atoms with Crippen LogP contribution in [-0.4, -0.2) is 36.1 Å². The molecular weight excluding hydrogens is 351 g/mol. The molecule has 0 spiro atoms. The molecule has 0 heterocycles. The van der Waals surface area contributed by atoms with E-state index in [9.17, 15) is 4.39 Å². The first kappa shape index (κ1) is 19.8. The summed E-state index contributed by atoms with van der Waals surface area (Å²) in [6.45, 7) is 5.62. The Labute approximate surface area is 158 Å². The molecule has 2 aromatic carbocycles. The van der Waals surface area contributed by atoms with Crippen LogP contribution >= 0.6 is 12.2 Å². The van der Waals surface area contributed by atoms with Crippen molar-refractivity contribution in [2.45, 2.75) is 13.8 Å². The molecule has 5 nitrogen and oxygen atoms in total. The Bertz CT molecular complexity index is 765. The van der Waals surface area contributed by atoms with E-state index in [1.54, 1.807) is 18.3 Å². The number of aliphatic hydroxyl groups is 1. The minimum Gasteiger partial charge on any atom is -0.395 e. The molecule has 0 atom stereocenters. The van der Waals surface area contributed by atoms with Gasteiger partial charge in [-0.15, -0.1) is 0 Å². The van der Waals surface area contributed by atoms with Crippen molar-refractivity contribution in [2.24, 2.45) is 5.10 Å². The van der Waals surface area contributed by atoms with Crippen LogP contribution in [-0.2, 0) is 0 Å². The topological polar surface area (TPSA) is 59.9 Å². The number of aliphatic hydroxyl groups excluding tert-OH is 1. The summed E-state index contributed by atoms with van der Waals surface area (Å²) in [5.41, 5.74) is 6.53. The zero-order valence-corrected chi connectivity index (χ0v) is 15.7. The number of benzene rings is 2. The lowest BCUT2D eigenvalue weighted by atomic mass is 10.1. The number of rotatable bonds is 7.